The molecule has 1 unspecified atom stereocenters. The van der Waals surface area contributed by atoms with Crippen LogP contribution >= 0.6 is 0 Å². The van der Waals surface area contributed by atoms with E-state index in [1.165, 1.54) is 7.11 Å². The van der Waals surface area contributed by atoms with Crippen molar-refractivity contribution < 1.29 is 14.6 Å². The molecule has 0 aliphatic rings. The quantitative estimate of drug-likeness (QED) is 0.635. The molecular weight excluding hydrogens is 246 g/mol. The molecule has 0 saturated carbocycles. The molecule has 1 aromatic carbocycles. The minimum atomic E-state index is -0.424. The van der Waals surface area contributed by atoms with Crippen molar-refractivity contribution in [3.63, 3.8) is 0 Å². The summed E-state index contributed by atoms with van der Waals surface area (Å²) in [6.07, 6.45) is 0. The summed E-state index contributed by atoms with van der Waals surface area (Å²) in [5.74, 6) is -0.284. The van der Waals surface area contributed by atoms with Gasteiger partial charge in [0.1, 0.15) is 0 Å². The van der Waals surface area contributed by atoms with Crippen molar-refractivity contribution in [3.05, 3.63) is 23.8 Å². The van der Waals surface area contributed by atoms with E-state index in [1.807, 2.05) is 19.0 Å². The Morgan fingerprint density at radius 2 is 2.21 bits per heavy atom. The number of anilines is 2. The van der Waals surface area contributed by atoms with E-state index in [2.05, 4.69) is 5.32 Å². The molecule has 0 bridgehead atoms. The van der Waals surface area contributed by atoms with Gasteiger partial charge in [-0.3, -0.25) is 4.79 Å². The number of nitrogens with one attached hydrogen (secondary N) is 1. The molecular formula is C13H21N3O3. The van der Waals surface area contributed by atoms with Gasteiger partial charge in [0, 0.05) is 26.8 Å². The van der Waals surface area contributed by atoms with Crippen LogP contribution in [0, 0.1) is 0 Å². The SMILES string of the molecule is COCC(CO)NC(=O)c1ccc(N(C)C)c(N)c1. The van der Waals surface area contributed by atoms with Crippen LogP contribution in [-0.2, 0) is 4.74 Å². The number of nitrogens with two attached hydrogens (primary N) is 1. The Kier molecular flexibility index (Phi) is 5.59. The van der Waals surface area contributed by atoms with Gasteiger partial charge < -0.3 is 25.8 Å². The first-order valence-corrected chi connectivity index (χ1v) is 5.97. The van der Waals surface area contributed by atoms with Crippen molar-refractivity contribution in [1.29, 1.82) is 0 Å². The number of carbonyl (C=O) groups excluding carboxylic acids is 1. The molecule has 0 aliphatic carbocycles. The number of carbonyl (C=O) groups is 1. The number of benzene rings is 1. The van der Waals surface area contributed by atoms with Gasteiger partial charge in [-0.05, 0) is 18.2 Å². The van der Waals surface area contributed by atoms with Gasteiger partial charge in [0.05, 0.1) is 30.6 Å². The highest BCUT2D eigenvalue weighted by Crippen LogP contribution is 2.22. The van der Waals surface area contributed by atoms with Gasteiger partial charge in [0.15, 0.2) is 0 Å². The molecule has 4 N–H and O–H groups in total. The molecule has 1 rings (SSSR count). The molecule has 106 valence electrons. The standard InChI is InChI=1S/C13H21N3O3/c1-16(2)12-5-4-9(6-11(12)14)13(18)15-10(7-17)8-19-3/h4-6,10,17H,7-8,14H2,1-3H3,(H,15,18). The topological polar surface area (TPSA) is 87.8 Å². The van der Waals surface area contributed by atoms with Crippen LogP contribution in [0.4, 0.5) is 11.4 Å². The molecule has 0 spiro atoms. The summed E-state index contributed by atoms with van der Waals surface area (Å²) in [7, 11) is 5.27. The van der Waals surface area contributed by atoms with Crippen molar-refractivity contribution in [2.45, 2.75) is 6.04 Å². The Morgan fingerprint density at radius 1 is 1.53 bits per heavy atom. The fourth-order valence-corrected chi connectivity index (χ4v) is 1.71. The van der Waals surface area contributed by atoms with Gasteiger partial charge in [-0.1, -0.05) is 0 Å². The van der Waals surface area contributed by atoms with Crippen LogP contribution in [0.15, 0.2) is 18.2 Å². The number of aliphatic hydroxyl groups excluding tert-OH is 1. The summed E-state index contributed by atoms with van der Waals surface area (Å²) in [6, 6.07) is 4.68. The molecule has 1 atom stereocenters. The van der Waals surface area contributed by atoms with Crippen LogP contribution in [0.5, 0.6) is 0 Å². The van der Waals surface area contributed by atoms with Crippen LogP contribution < -0.4 is 16.0 Å². The molecule has 0 radical (unpaired) electrons. The lowest BCUT2D eigenvalue weighted by Crippen LogP contribution is -2.40. The molecule has 19 heavy (non-hydrogen) atoms. The number of ether oxygens (including phenoxy) is 1. The number of rotatable bonds is 6. The lowest BCUT2D eigenvalue weighted by atomic mass is 10.1. The highest BCUT2D eigenvalue weighted by Gasteiger charge is 2.14. The number of hydrogen-bond acceptors (Lipinski definition) is 5. The Labute approximate surface area is 113 Å². The molecule has 0 fully saturated rings. The second-order valence-electron chi connectivity index (χ2n) is 4.48. The molecule has 0 aromatic heterocycles. The molecule has 0 heterocycles. The fraction of sp³-hybridized carbons (Fsp3) is 0.462. The van der Waals surface area contributed by atoms with E-state index in [4.69, 9.17) is 15.6 Å². The predicted octanol–water partition coefficient (Wildman–Crippen LogP) is 0.0719. The maximum atomic E-state index is 12.0. The van der Waals surface area contributed by atoms with E-state index in [9.17, 15) is 4.79 Å². The Hall–Kier alpha value is -1.79. The smallest absolute Gasteiger partial charge is 0.251 e. The predicted molar refractivity (Wildman–Crippen MR) is 75.4 cm³/mol. The summed E-state index contributed by atoms with van der Waals surface area (Å²) in [4.78, 5) is 13.8. The van der Waals surface area contributed by atoms with E-state index >= 15 is 0 Å². The summed E-state index contributed by atoms with van der Waals surface area (Å²) < 4.78 is 4.90. The van der Waals surface area contributed by atoms with E-state index < -0.39 is 6.04 Å². The zero-order valence-corrected chi connectivity index (χ0v) is 11.5. The van der Waals surface area contributed by atoms with Gasteiger partial charge in [0.25, 0.3) is 5.91 Å². The third-order valence-electron chi connectivity index (χ3n) is 2.69. The van der Waals surface area contributed by atoms with Crippen molar-refractivity contribution in [2.75, 3.05) is 45.1 Å². The molecule has 1 aromatic rings. The van der Waals surface area contributed by atoms with Crippen molar-refractivity contribution in [3.8, 4) is 0 Å². The molecule has 0 saturated heterocycles. The average Bonchev–Trinajstić information content (AvgIpc) is 2.37. The Morgan fingerprint density at radius 3 is 2.68 bits per heavy atom. The summed E-state index contributed by atoms with van der Waals surface area (Å²) in [5.41, 5.74) is 7.73. The van der Waals surface area contributed by atoms with E-state index in [-0.39, 0.29) is 19.1 Å². The van der Waals surface area contributed by atoms with E-state index in [0.29, 0.717) is 11.3 Å². The number of hydrogen-bond donors (Lipinski definition) is 3. The first-order valence-electron chi connectivity index (χ1n) is 5.97. The number of aliphatic hydroxyl groups is 1. The second kappa shape index (κ2) is 6.96. The third kappa shape index (κ3) is 4.11. The van der Waals surface area contributed by atoms with Gasteiger partial charge in [-0.25, -0.2) is 0 Å². The van der Waals surface area contributed by atoms with Gasteiger partial charge in [-0.2, -0.15) is 0 Å². The van der Waals surface area contributed by atoms with Crippen LogP contribution in [0.3, 0.4) is 0 Å². The van der Waals surface area contributed by atoms with Crippen molar-refractivity contribution in [1.82, 2.24) is 5.32 Å². The monoisotopic (exact) mass is 267 g/mol. The number of nitrogens with zero attached hydrogens (tertiary/aromatic N) is 1. The summed E-state index contributed by atoms with van der Waals surface area (Å²) in [6.45, 7) is 0.0817. The van der Waals surface area contributed by atoms with E-state index in [1.54, 1.807) is 18.2 Å². The third-order valence-corrected chi connectivity index (χ3v) is 2.69. The maximum Gasteiger partial charge on any atom is 0.251 e. The molecule has 6 nitrogen and oxygen atoms in total. The molecule has 0 aliphatic heterocycles. The summed E-state index contributed by atoms with van der Waals surface area (Å²) in [5, 5.41) is 11.8. The minimum absolute atomic E-state index is 0.176. The first-order chi connectivity index (χ1) is 8.99. The zero-order valence-electron chi connectivity index (χ0n) is 11.5. The van der Waals surface area contributed by atoms with Crippen LogP contribution in [-0.4, -0.2) is 51.5 Å². The highest BCUT2D eigenvalue weighted by molar-refractivity contribution is 5.96. The average molecular weight is 267 g/mol. The van der Waals surface area contributed by atoms with Crippen LogP contribution in [0.2, 0.25) is 0 Å². The van der Waals surface area contributed by atoms with Gasteiger partial charge in [-0.15, -0.1) is 0 Å². The second-order valence-corrected chi connectivity index (χ2v) is 4.48. The largest absolute Gasteiger partial charge is 0.397 e. The van der Waals surface area contributed by atoms with Crippen LogP contribution in [0.25, 0.3) is 0 Å². The maximum absolute atomic E-state index is 12.0. The van der Waals surface area contributed by atoms with Crippen molar-refractivity contribution in [2.24, 2.45) is 0 Å². The zero-order chi connectivity index (χ0) is 14.4. The Balaban J connectivity index is 2.80. The van der Waals surface area contributed by atoms with Crippen molar-refractivity contribution >= 4 is 17.3 Å². The summed E-state index contributed by atoms with van der Waals surface area (Å²) >= 11 is 0. The number of nitrogen functional groups attached to an aromatic ring is 1. The highest BCUT2D eigenvalue weighted by atomic mass is 16.5. The lowest BCUT2D eigenvalue weighted by Gasteiger charge is -2.18. The minimum Gasteiger partial charge on any atom is -0.397 e. The fourth-order valence-electron chi connectivity index (χ4n) is 1.71. The Bertz CT molecular complexity index is 435. The molecule has 1 amide bonds. The number of amides is 1. The molecule has 6 heteroatoms. The van der Waals surface area contributed by atoms with Gasteiger partial charge >= 0.3 is 0 Å². The van der Waals surface area contributed by atoms with E-state index in [0.717, 1.165) is 5.69 Å². The lowest BCUT2D eigenvalue weighted by molar-refractivity contribution is 0.0840. The first kappa shape index (κ1) is 15.3. The van der Waals surface area contributed by atoms with Gasteiger partial charge in [0.2, 0.25) is 0 Å². The number of methoxy groups -OCH3 is 1. The van der Waals surface area contributed by atoms with Crippen LogP contribution in [0.1, 0.15) is 10.4 Å². The normalized spacial score (nSPS) is 12.0.